The van der Waals surface area contributed by atoms with E-state index in [0.717, 1.165) is 19.1 Å². The van der Waals surface area contributed by atoms with Crippen molar-refractivity contribution in [2.45, 2.75) is 20.0 Å². The Labute approximate surface area is 84.3 Å². The molecule has 0 unspecified atom stereocenters. The quantitative estimate of drug-likeness (QED) is 0.736. The van der Waals surface area contributed by atoms with Gasteiger partial charge in [0.2, 0.25) is 0 Å². The van der Waals surface area contributed by atoms with Crippen molar-refractivity contribution < 1.29 is 23.1 Å². The summed E-state index contributed by atoms with van der Waals surface area (Å²) in [5.74, 6) is -1.63. The van der Waals surface area contributed by atoms with E-state index in [4.69, 9.17) is 0 Å². The minimum atomic E-state index is -4.72. The Balaban J connectivity index is 3.55. The molecule has 0 spiro atoms. The number of rotatable bonds is 1. The number of hydrogen-bond donors (Lipinski definition) is 1. The van der Waals surface area contributed by atoms with Crippen molar-refractivity contribution in [2.24, 2.45) is 0 Å². The minimum absolute atomic E-state index is 0.408. The maximum absolute atomic E-state index is 12.5. The Kier molecular flexibility index (Phi) is 2.75. The molecule has 1 rings (SSSR count). The molecule has 82 valence electrons. The lowest BCUT2D eigenvalue weighted by atomic mass is 10.00. The van der Waals surface area contributed by atoms with Crippen molar-refractivity contribution in [3.05, 3.63) is 28.8 Å². The normalized spacial score (nSPS) is 11.5. The molecule has 0 fully saturated rings. The van der Waals surface area contributed by atoms with Crippen LogP contribution < -0.4 is 0 Å². The summed E-state index contributed by atoms with van der Waals surface area (Å²) < 4.78 is 37.5. The van der Waals surface area contributed by atoms with E-state index in [1.807, 2.05) is 0 Å². The molecule has 0 aliphatic heterocycles. The largest absolute Gasteiger partial charge is 0.507 e. The van der Waals surface area contributed by atoms with Gasteiger partial charge in [-0.15, -0.1) is 0 Å². The van der Waals surface area contributed by atoms with Gasteiger partial charge in [-0.1, -0.05) is 0 Å². The van der Waals surface area contributed by atoms with E-state index in [0.29, 0.717) is 5.56 Å². The Hall–Kier alpha value is -1.52. The average molecular weight is 218 g/mol. The Morgan fingerprint density at radius 1 is 1.33 bits per heavy atom. The maximum atomic E-state index is 12.5. The van der Waals surface area contributed by atoms with E-state index in [9.17, 15) is 23.1 Å². The molecule has 2 nitrogen and oxygen atoms in total. The summed E-state index contributed by atoms with van der Waals surface area (Å²) in [6.07, 6.45) is -4.72. The molecule has 0 saturated heterocycles. The number of aromatic hydroxyl groups is 1. The number of hydrogen-bond acceptors (Lipinski definition) is 2. The predicted octanol–water partition coefficient (Wildman–Crippen LogP) is 2.92. The number of alkyl halides is 3. The first-order valence-corrected chi connectivity index (χ1v) is 4.15. The average Bonchev–Trinajstić information content (AvgIpc) is 1.99. The van der Waals surface area contributed by atoms with Gasteiger partial charge in [-0.3, -0.25) is 4.79 Å². The second kappa shape index (κ2) is 3.56. The van der Waals surface area contributed by atoms with E-state index in [1.54, 1.807) is 0 Å². The number of halogens is 3. The third-order valence-electron chi connectivity index (χ3n) is 1.92. The van der Waals surface area contributed by atoms with Gasteiger partial charge in [0.25, 0.3) is 0 Å². The Morgan fingerprint density at radius 2 is 1.87 bits per heavy atom. The topological polar surface area (TPSA) is 37.3 Å². The molecule has 0 saturated carbocycles. The maximum Gasteiger partial charge on any atom is 0.420 e. The zero-order chi connectivity index (χ0) is 11.8. The summed E-state index contributed by atoms with van der Waals surface area (Å²) in [5, 5.41) is 9.18. The molecular weight excluding hydrogens is 209 g/mol. The summed E-state index contributed by atoms with van der Waals surface area (Å²) in [7, 11) is 0. The Bertz CT molecular complexity index is 408. The molecule has 1 aromatic rings. The van der Waals surface area contributed by atoms with E-state index in [2.05, 4.69) is 0 Å². The minimum Gasteiger partial charge on any atom is -0.507 e. The van der Waals surface area contributed by atoms with Crippen molar-refractivity contribution in [1.82, 2.24) is 0 Å². The van der Waals surface area contributed by atoms with Crippen LogP contribution >= 0.6 is 0 Å². The van der Waals surface area contributed by atoms with Crippen LogP contribution in [-0.2, 0) is 6.18 Å². The molecule has 0 aromatic heterocycles. The number of benzene rings is 1. The fourth-order valence-corrected chi connectivity index (χ4v) is 1.34. The monoisotopic (exact) mass is 218 g/mol. The molecule has 0 radical (unpaired) electrons. The van der Waals surface area contributed by atoms with Crippen LogP contribution in [0.1, 0.15) is 28.4 Å². The van der Waals surface area contributed by atoms with E-state index >= 15 is 0 Å². The van der Waals surface area contributed by atoms with Crippen LogP contribution in [0.15, 0.2) is 12.1 Å². The molecule has 0 amide bonds. The number of Topliss-reactive ketones (excluding diaryl/α,β-unsaturated/α-hetero) is 1. The summed E-state index contributed by atoms with van der Waals surface area (Å²) >= 11 is 0. The van der Waals surface area contributed by atoms with Gasteiger partial charge in [-0.2, -0.15) is 13.2 Å². The van der Waals surface area contributed by atoms with E-state index in [-0.39, 0.29) is 0 Å². The number of phenols is 1. The summed E-state index contributed by atoms with van der Waals surface area (Å²) in [5.41, 5.74) is -1.36. The molecule has 1 aromatic carbocycles. The number of ketones is 1. The lowest BCUT2D eigenvalue weighted by Crippen LogP contribution is -2.12. The molecule has 0 heterocycles. The standard InChI is InChI=1S/C10H9F3O2/c1-5-3-7(6(2)14)9(8(15)4-5)10(11,12)13/h3-4,15H,1-2H3. The number of aryl methyl sites for hydroxylation is 1. The van der Waals surface area contributed by atoms with Crippen LogP contribution in [-0.4, -0.2) is 10.9 Å². The van der Waals surface area contributed by atoms with E-state index in [1.165, 1.54) is 6.92 Å². The summed E-state index contributed by atoms with van der Waals surface area (Å²) in [6, 6.07) is 2.10. The van der Waals surface area contributed by atoms with Crippen LogP contribution in [0.25, 0.3) is 0 Å². The third kappa shape index (κ3) is 2.29. The molecule has 0 atom stereocenters. The molecule has 5 heteroatoms. The van der Waals surface area contributed by atoms with Gasteiger partial charge in [-0.25, -0.2) is 0 Å². The van der Waals surface area contributed by atoms with Gasteiger partial charge >= 0.3 is 6.18 Å². The molecule has 0 aliphatic carbocycles. The first-order valence-electron chi connectivity index (χ1n) is 4.15. The van der Waals surface area contributed by atoms with Gasteiger partial charge in [0, 0.05) is 5.56 Å². The van der Waals surface area contributed by atoms with Gasteiger partial charge in [0.05, 0.1) is 0 Å². The van der Waals surface area contributed by atoms with Crippen molar-refractivity contribution in [1.29, 1.82) is 0 Å². The van der Waals surface area contributed by atoms with Gasteiger partial charge < -0.3 is 5.11 Å². The van der Waals surface area contributed by atoms with Gasteiger partial charge in [0.1, 0.15) is 11.3 Å². The fourth-order valence-electron chi connectivity index (χ4n) is 1.34. The SMILES string of the molecule is CC(=O)c1cc(C)cc(O)c1C(F)(F)F. The first kappa shape index (κ1) is 11.6. The second-order valence-corrected chi connectivity index (χ2v) is 3.26. The highest BCUT2D eigenvalue weighted by atomic mass is 19.4. The van der Waals surface area contributed by atoms with Crippen molar-refractivity contribution in [2.75, 3.05) is 0 Å². The predicted molar refractivity (Wildman–Crippen MR) is 47.9 cm³/mol. The fraction of sp³-hybridized carbons (Fsp3) is 0.300. The highest BCUT2D eigenvalue weighted by Gasteiger charge is 2.37. The van der Waals surface area contributed by atoms with Crippen molar-refractivity contribution >= 4 is 5.78 Å². The van der Waals surface area contributed by atoms with Crippen LogP contribution in [0.4, 0.5) is 13.2 Å². The summed E-state index contributed by atoms with van der Waals surface area (Å²) in [4.78, 5) is 11.0. The van der Waals surface area contributed by atoms with Crippen LogP contribution in [0.2, 0.25) is 0 Å². The van der Waals surface area contributed by atoms with Crippen LogP contribution in [0.5, 0.6) is 5.75 Å². The number of carbonyl (C=O) groups is 1. The van der Waals surface area contributed by atoms with E-state index < -0.39 is 28.8 Å². The van der Waals surface area contributed by atoms with Crippen molar-refractivity contribution in [3.8, 4) is 5.75 Å². The van der Waals surface area contributed by atoms with Gasteiger partial charge in [0.15, 0.2) is 5.78 Å². The highest BCUT2D eigenvalue weighted by Crippen LogP contribution is 2.38. The second-order valence-electron chi connectivity index (χ2n) is 3.26. The number of carbonyl (C=O) groups excluding carboxylic acids is 1. The molecular formula is C10H9F3O2. The lowest BCUT2D eigenvalue weighted by Gasteiger charge is -2.13. The highest BCUT2D eigenvalue weighted by molar-refractivity contribution is 5.96. The molecule has 1 N–H and O–H groups in total. The Morgan fingerprint density at radius 3 is 2.27 bits per heavy atom. The number of phenolic OH excluding ortho intramolecular Hbond substituents is 1. The zero-order valence-electron chi connectivity index (χ0n) is 8.14. The zero-order valence-corrected chi connectivity index (χ0v) is 8.14. The lowest BCUT2D eigenvalue weighted by molar-refractivity contribution is -0.139. The molecule has 15 heavy (non-hydrogen) atoms. The molecule has 0 bridgehead atoms. The smallest absolute Gasteiger partial charge is 0.420 e. The third-order valence-corrected chi connectivity index (χ3v) is 1.92. The van der Waals surface area contributed by atoms with Crippen LogP contribution in [0.3, 0.4) is 0 Å². The molecule has 0 aliphatic rings. The van der Waals surface area contributed by atoms with Crippen molar-refractivity contribution in [3.63, 3.8) is 0 Å². The first-order chi connectivity index (χ1) is 6.73. The summed E-state index contributed by atoms with van der Waals surface area (Å²) in [6.45, 7) is 2.54. The van der Waals surface area contributed by atoms with Crippen LogP contribution in [0, 0.1) is 6.92 Å². The van der Waals surface area contributed by atoms with Gasteiger partial charge in [-0.05, 0) is 31.5 Å².